The molecule has 0 radical (unpaired) electrons. The quantitative estimate of drug-likeness (QED) is 0.425. The van der Waals surface area contributed by atoms with Crippen LogP contribution in [0.15, 0.2) is 41.4 Å². The van der Waals surface area contributed by atoms with Crippen molar-refractivity contribution in [3.8, 4) is 11.5 Å². The van der Waals surface area contributed by atoms with Crippen molar-refractivity contribution in [2.45, 2.75) is 37.8 Å². The Hall–Kier alpha value is -2.58. The van der Waals surface area contributed by atoms with Crippen molar-refractivity contribution in [2.75, 3.05) is 13.2 Å². The summed E-state index contributed by atoms with van der Waals surface area (Å²) in [6.45, 7) is -0.172. The summed E-state index contributed by atoms with van der Waals surface area (Å²) >= 11 is 11.3. The first-order chi connectivity index (χ1) is 15.3. The van der Waals surface area contributed by atoms with E-state index in [1.807, 2.05) is 0 Å². The number of halogens is 4. The van der Waals surface area contributed by atoms with Gasteiger partial charge in [0.05, 0.1) is 16.1 Å². The van der Waals surface area contributed by atoms with Gasteiger partial charge in [0.15, 0.2) is 6.61 Å². The van der Waals surface area contributed by atoms with E-state index in [0.29, 0.717) is 11.6 Å². The molecule has 0 atom stereocenters. The van der Waals surface area contributed by atoms with Crippen molar-refractivity contribution in [3.05, 3.63) is 58.1 Å². The number of rotatable bonds is 8. The van der Waals surface area contributed by atoms with Gasteiger partial charge < -0.3 is 20.5 Å². The van der Waals surface area contributed by atoms with Gasteiger partial charge in [0.2, 0.25) is 0 Å². The fourth-order valence-corrected chi connectivity index (χ4v) is 3.56. The third kappa shape index (κ3) is 7.24. The van der Waals surface area contributed by atoms with E-state index < -0.39 is 11.6 Å². The summed E-state index contributed by atoms with van der Waals surface area (Å²) in [6, 6.07) is 8.20. The Morgan fingerprint density at radius 1 is 0.969 bits per heavy atom. The molecule has 2 aromatic carbocycles. The van der Waals surface area contributed by atoms with Crippen molar-refractivity contribution in [2.24, 2.45) is 10.7 Å². The van der Waals surface area contributed by atoms with Gasteiger partial charge in [-0.3, -0.25) is 9.79 Å². The number of nitrogens with zero attached hydrogens (tertiary/aromatic N) is 1. The van der Waals surface area contributed by atoms with E-state index in [4.69, 9.17) is 38.4 Å². The number of nitrogens with two attached hydrogens (primary N) is 1. The Labute approximate surface area is 194 Å². The maximum atomic E-state index is 13.4. The molecule has 0 spiro atoms. The molecule has 0 bridgehead atoms. The zero-order chi connectivity index (χ0) is 23.1. The summed E-state index contributed by atoms with van der Waals surface area (Å²) in [6.07, 6.45) is 2.99. The molecule has 6 nitrogen and oxygen atoms in total. The Morgan fingerprint density at radius 3 is 2.03 bits per heavy atom. The Morgan fingerprint density at radius 2 is 1.50 bits per heavy atom. The van der Waals surface area contributed by atoms with Crippen LogP contribution in [0.4, 0.5) is 8.78 Å². The van der Waals surface area contributed by atoms with E-state index in [-0.39, 0.29) is 47.0 Å². The molecule has 2 aromatic rings. The third-order valence-corrected chi connectivity index (χ3v) is 5.56. The molecule has 3 rings (SSSR count). The summed E-state index contributed by atoms with van der Waals surface area (Å²) in [4.78, 5) is 16.6. The van der Waals surface area contributed by atoms with E-state index in [0.717, 1.165) is 31.7 Å². The molecule has 0 aromatic heterocycles. The van der Waals surface area contributed by atoms with E-state index >= 15 is 0 Å². The molecular weight excluding hydrogens is 463 g/mol. The third-order valence-electron chi connectivity index (χ3n) is 4.95. The Bertz CT molecular complexity index is 983. The Balaban J connectivity index is 1.37. The SMILES string of the molecule is NC(COc1ccc(Cl)c(F)c1)=NC1CCC(NC(=O)COc2ccc(Cl)c(F)c2)CC1. The summed E-state index contributed by atoms with van der Waals surface area (Å²) < 4.78 is 37.6. The molecule has 0 unspecified atom stereocenters. The number of ether oxygens (including phenoxy) is 2. The first kappa shape index (κ1) is 24.1. The van der Waals surface area contributed by atoms with Gasteiger partial charge in [-0.2, -0.15) is 0 Å². The molecule has 0 heterocycles. The lowest BCUT2D eigenvalue weighted by Crippen LogP contribution is -2.41. The van der Waals surface area contributed by atoms with Crippen molar-refractivity contribution in [1.29, 1.82) is 0 Å². The normalized spacial score (nSPS) is 18.8. The summed E-state index contributed by atoms with van der Waals surface area (Å²) in [5, 5.41) is 2.93. The molecule has 10 heteroatoms. The lowest BCUT2D eigenvalue weighted by molar-refractivity contribution is -0.124. The van der Waals surface area contributed by atoms with E-state index in [1.165, 1.54) is 24.3 Å². The number of nitrogens with one attached hydrogen (secondary N) is 1. The van der Waals surface area contributed by atoms with Gasteiger partial charge in [-0.25, -0.2) is 8.78 Å². The number of amidine groups is 1. The van der Waals surface area contributed by atoms with Gasteiger partial charge in [-0.15, -0.1) is 0 Å². The standard InChI is InChI=1S/C22H23Cl2F2N3O3/c23-17-7-5-15(9-19(17)25)31-11-21(27)28-13-1-3-14(4-2-13)29-22(30)12-32-16-6-8-18(24)20(26)10-16/h5-10,13-14H,1-4,11-12H2,(H2,27,28)(H,29,30). The number of hydrogen-bond acceptors (Lipinski definition) is 4. The molecule has 1 fully saturated rings. The second-order valence-electron chi connectivity index (χ2n) is 7.42. The first-order valence-electron chi connectivity index (χ1n) is 10.1. The minimum Gasteiger partial charge on any atom is -0.486 e. The van der Waals surface area contributed by atoms with Crippen LogP contribution in [0.1, 0.15) is 25.7 Å². The van der Waals surface area contributed by atoms with Crippen molar-refractivity contribution in [1.82, 2.24) is 5.32 Å². The molecule has 1 aliphatic rings. The molecule has 0 aliphatic heterocycles. The van der Waals surface area contributed by atoms with Gasteiger partial charge in [0.1, 0.15) is 35.6 Å². The summed E-state index contributed by atoms with van der Waals surface area (Å²) in [7, 11) is 0. The summed E-state index contributed by atoms with van der Waals surface area (Å²) in [5.74, 6) is -0.578. The molecular formula is C22H23Cl2F2N3O3. The molecule has 1 amide bonds. The van der Waals surface area contributed by atoms with Crippen molar-refractivity contribution in [3.63, 3.8) is 0 Å². The van der Waals surface area contributed by atoms with Gasteiger partial charge in [-0.1, -0.05) is 23.2 Å². The average Bonchev–Trinajstić information content (AvgIpc) is 2.77. The van der Waals surface area contributed by atoms with Crippen LogP contribution in [-0.4, -0.2) is 37.0 Å². The molecule has 0 saturated heterocycles. The minimum atomic E-state index is -0.603. The fraction of sp³-hybridized carbons (Fsp3) is 0.364. The summed E-state index contributed by atoms with van der Waals surface area (Å²) in [5.41, 5.74) is 5.93. The van der Waals surface area contributed by atoms with Crippen LogP contribution < -0.4 is 20.5 Å². The van der Waals surface area contributed by atoms with Gasteiger partial charge in [0.25, 0.3) is 5.91 Å². The Kier molecular flexibility index (Phi) is 8.53. The largest absolute Gasteiger partial charge is 0.486 e. The first-order valence-corrected chi connectivity index (χ1v) is 10.8. The predicted octanol–water partition coefficient (Wildman–Crippen LogP) is 4.51. The highest BCUT2D eigenvalue weighted by Crippen LogP contribution is 2.23. The monoisotopic (exact) mass is 485 g/mol. The maximum Gasteiger partial charge on any atom is 0.258 e. The van der Waals surface area contributed by atoms with Crippen LogP contribution in [0.25, 0.3) is 0 Å². The predicted molar refractivity (Wildman–Crippen MR) is 120 cm³/mol. The molecule has 32 heavy (non-hydrogen) atoms. The van der Waals surface area contributed by atoms with Crippen LogP contribution in [0.5, 0.6) is 11.5 Å². The molecule has 1 aliphatic carbocycles. The zero-order valence-electron chi connectivity index (χ0n) is 17.1. The van der Waals surface area contributed by atoms with E-state index in [1.54, 1.807) is 6.07 Å². The van der Waals surface area contributed by atoms with E-state index in [9.17, 15) is 13.6 Å². The number of carbonyl (C=O) groups excluding carboxylic acids is 1. The lowest BCUT2D eigenvalue weighted by Gasteiger charge is -2.27. The minimum absolute atomic E-state index is 0.00713. The van der Waals surface area contributed by atoms with Crippen LogP contribution in [0.2, 0.25) is 10.0 Å². The second kappa shape index (κ2) is 11.3. The van der Waals surface area contributed by atoms with E-state index in [2.05, 4.69) is 10.3 Å². The molecule has 172 valence electrons. The number of amides is 1. The molecule has 1 saturated carbocycles. The van der Waals surface area contributed by atoms with Crippen molar-refractivity contribution < 1.29 is 23.0 Å². The van der Waals surface area contributed by atoms with Gasteiger partial charge >= 0.3 is 0 Å². The second-order valence-corrected chi connectivity index (χ2v) is 8.24. The molecule has 3 N–H and O–H groups in total. The highest BCUT2D eigenvalue weighted by atomic mass is 35.5. The smallest absolute Gasteiger partial charge is 0.258 e. The van der Waals surface area contributed by atoms with Gasteiger partial charge in [-0.05, 0) is 49.9 Å². The van der Waals surface area contributed by atoms with Gasteiger partial charge in [0, 0.05) is 18.2 Å². The topological polar surface area (TPSA) is 85.9 Å². The maximum absolute atomic E-state index is 13.4. The van der Waals surface area contributed by atoms with Crippen LogP contribution >= 0.6 is 23.2 Å². The highest BCUT2D eigenvalue weighted by Gasteiger charge is 2.22. The average molecular weight is 486 g/mol. The van der Waals surface area contributed by atoms with Crippen LogP contribution in [0, 0.1) is 11.6 Å². The highest BCUT2D eigenvalue weighted by molar-refractivity contribution is 6.31. The number of carbonyl (C=O) groups is 1. The zero-order valence-corrected chi connectivity index (χ0v) is 18.6. The lowest BCUT2D eigenvalue weighted by atomic mass is 9.91. The van der Waals surface area contributed by atoms with Crippen LogP contribution in [-0.2, 0) is 4.79 Å². The van der Waals surface area contributed by atoms with Crippen LogP contribution in [0.3, 0.4) is 0 Å². The van der Waals surface area contributed by atoms with Crippen molar-refractivity contribution >= 4 is 34.9 Å². The number of benzene rings is 2. The number of hydrogen-bond donors (Lipinski definition) is 2. The fourth-order valence-electron chi connectivity index (χ4n) is 3.33. The number of aliphatic imine (C=N–C) groups is 1.